The Morgan fingerprint density at radius 3 is 2.30 bits per heavy atom. The van der Waals surface area contributed by atoms with Crippen LogP contribution in [-0.4, -0.2) is 16.8 Å². The van der Waals surface area contributed by atoms with Crippen molar-refractivity contribution in [1.82, 2.24) is 4.98 Å². The van der Waals surface area contributed by atoms with E-state index in [9.17, 15) is 18.4 Å². The quantitative estimate of drug-likeness (QED) is 0.619. The molecule has 0 saturated carbocycles. The van der Waals surface area contributed by atoms with Crippen LogP contribution in [0.25, 0.3) is 0 Å². The Kier molecular flexibility index (Phi) is 5.13. The molecule has 4 N–H and O–H groups in total. The van der Waals surface area contributed by atoms with Gasteiger partial charge >= 0.3 is 0 Å². The minimum Gasteiger partial charge on any atom is -0.364 e. The maximum absolute atomic E-state index is 13.8. The van der Waals surface area contributed by atoms with Gasteiger partial charge in [-0.25, -0.2) is 13.8 Å². The standard InChI is InChI=1S/C18H14F2N4O2S/c1-9-5-7-10(8-6-9)22-18-23-14(15(21)25)17(27-18)24-16(26)13-11(19)3-2-4-12(13)20/h2-8H,1H3,(H2,21,25)(H,22,23)(H,24,26). The van der Waals surface area contributed by atoms with Gasteiger partial charge in [0.2, 0.25) is 0 Å². The Hall–Kier alpha value is -3.33. The zero-order valence-electron chi connectivity index (χ0n) is 14.0. The van der Waals surface area contributed by atoms with E-state index in [2.05, 4.69) is 15.6 Å². The Morgan fingerprint density at radius 1 is 1.07 bits per heavy atom. The average Bonchev–Trinajstić information content (AvgIpc) is 2.99. The Balaban J connectivity index is 1.88. The van der Waals surface area contributed by atoms with Crippen LogP contribution < -0.4 is 16.4 Å². The molecule has 6 nitrogen and oxygen atoms in total. The molecule has 9 heteroatoms. The third kappa shape index (κ3) is 4.09. The second kappa shape index (κ2) is 7.50. The molecule has 0 spiro atoms. The largest absolute Gasteiger partial charge is 0.364 e. The number of amides is 2. The van der Waals surface area contributed by atoms with E-state index in [1.807, 2.05) is 31.2 Å². The van der Waals surface area contributed by atoms with Gasteiger partial charge in [0.1, 0.15) is 22.2 Å². The fourth-order valence-electron chi connectivity index (χ4n) is 2.27. The summed E-state index contributed by atoms with van der Waals surface area (Å²) in [6.45, 7) is 1.94. The lowest BCUT2D eigenvalue weighted by molar-refractivity contribution is 0.0997. The van der Waals surface area contributed by atoms with E-state index in [0.717, 1.165) is 35.1 Å². The van der Waals surface area contributed by atoms with Gasteiger partial charge in [0, 0.05) is 5.69 Å². The lowest BCUT2D eigenvalue weighted by atomic mass is 10.2. The fraction of sp³-hybridized carbons (Fsp3) is 0.0556. The zero-order chi connectivity index (χ0) is 19.6. The van der Waals surface area contributed by atoms with Crippen LogP contribution in [0.2, 0.25) is 0 Å². The third-order valence-electron chi connectivity index (χ3n) is 3.58. The summed E-state index contributed by atoms with van der Waals surface area (Å²) in [4.78, 5) is 27.9. The normalized spacial score (nSPS) is 10.5. The zero-order valence-corrected chi connectivity index (χ0v) is 14.9. The molecule has 0 fully saturated rings. The number of nitrogens with one attached hydrogen (secondary N) is 2. The number of primary amides is 1. The van der Waals surface area contributed by atoms with Crippen LogP contribution in [0.15, 0.2) is 42.5 Å². The minimum atomic E-state index is -1.04. The summed E-state index contributed by atoms with van der Waals surface area (Å²) in [5, 5.41) is 5.56. The van der Waals surface area contributed by atoms with E-state index in [1.54, 1.807) is 0 Å². The van der Waals surface area contributed by atoms with Crippen molar-refractivity contribution >= 4 is 39.0 Å². The van der Waals surface area contributed by atoms with Gasteiger partial charge in [0.25, 0.3) is 11.8 Å². The molecule has 0 radical (unpaired) electrons. The number of anilines is 3. The molecular weight excluding hydrogens is 374 g/mol. The van der Waals surface area contributed by atoms with E-state index in [-0.39, 0.29) is 15.8 Å². The molecule has 2 amide bonds. The SMILES string of the molecule is Cc1ccc(Nc2nc(C(N)=O)c(NC(=O)c3c(F)cccc3F)s2)cc1. The van der Waals surface area contributed by atoms with Crippen LogP contribution in [0.3, 0.4) is 0 Å². The summed E-state index contributed by atoms with van der Waals surface area (Å²) in [5.41, 5.74) is 6.11. The van der Waals surface area contributed by atoms with E-state index in [1.165, 1.54) is 0 Å². The molecule has 0 aliphatic heterocycles. The van der Waals surface area contributed by atoms with Crippen molar-refractivity contribution in [1.29, 1.82) is 0 Å². The topological polar surface area (TPSA) is 97.1 Å². The Bertz CT molecular complexity index is 998. The first-order valence-corrected chi connectivity index (χ1v) is 8.56. The number of thiazole rings is 1. The summed E-state index contributed by atoms with van der Waals surface area (Å²) in [6, 6.07) is 10.5. The molecule has 0 aliphatic rings. The van der Waals surface area contributed by atoms with Crippen molar-refractivity contribution < 1.29 is 18.4 Å². The smallest absolute Gasteiger partial charge is 0.270 e. The molecular formula is C18H14F2N4O2S. The second-order valence-corrected chi connectivity index (χ2v) is 6.60. The van der Waals surface area contributed by atoms with Crippen LogP contribution in [-0.2, 0) is 0 Å². The number of carbonyl (C=O) groups is 2. The van der Waals surface area contributed by atoms with E-state index >= 15 is 0 Å². The molecule has 3 aromatic rings. The molecule has 0 unspecified atom stereocenters. The molecule has 0 atom stereocenters. The molecule has 1 aromatic heterocycles. The third-order valence-corrected chi connectivity index (χ3v) is 4.47. The predicted molar refractivity (Wildman–Crippen MR) is 99.4 cm³/mol. The molecule has 2 aromatic carbocycles. The maximum atomic E-state index is 13.8. The van der Waals surface area contributed by atoms with Crippen LogP contribution in [0.1, 0.15) is 26.4 Å². The lowest BCUT2D eigenvalue weighted by Gasteiger charge is -2.05. The summed E-state index contributed by atoms with van der Waals surface area (Å²) in [7, 11) is 0. The number of nitrogens with zero attached hydrogens (tertiary/aromatic N) is 1. The van der Waals surface area contributed by atoms with Crippen molar-refractivity contribution in [3.63, 3.8) is 0 Å². The fourth-order valence-corrected chi connectivity index (χ4v) is 3.15. The summed E-state index contributed by atoms with van der Waals surface area (Å²) in [6.07, 6.45) is 0. The molecule has 0 bridgehead atoms. The number of benzene rings is 2. The van der Waals surface area contributed by atoms with Crippen molar-refractivity contribution in [2.75, 3.05) is 10.6 Å². The highest BCUT2D eigenvalue weighted by atomic mass is 32.1. The molecule has 27 heavy (non-hydrogen) atoms. The minimum absolute atomic E-state index is 0.00948. The lowest BCUT2D eigenvalue weighted by Crippen LogP contribution is -2.19. The first-order chi connectivity index (χ1) is 12.8. The van der Waals surface area contributed by atoms with Crippen molar-refractivity contribution in [2.45, 2.75) is 6.92 Å². The summed E-state index contributed by atoms with van der Waals surface area (Å²) >= 11 is 0.922. The van der Waals surface area contributed by atoms with Gasteiger partial charge in [-0.05, 0) is 31.2 Å². The first-order valence-electron chi connectivity index (χ1n) is 7.75. The molecule has 138 valence electrons. The van der Waals surface area contributed by atoms with E-state index < -0.39 is 29.0 Å². The predicted octanol–water partition coefficient (Wildman–Crippen LogP) is 3.82. The highest BCUT2D eigenvalue weighted by molar-refractivity contribution is 7.20. The van der Waals surface area contributed by atoms with Gasteiger partial charge in [-0.3, -0.25) is 9.59 Å². The number of rotatable bonds is 5. The number of nitrogens with two attached hydrogens (primary N) is 1. The number of aryl methyl sites for hydroxylation is 1. The van der Waals surface area contributed by atoms with Gasteiger partial charge in [0.15, 0.2) is 10.8 Å². The van der Waals surface area contributed by atoms with E-state index in [4.69, 9.17) is 5.73 Å². The number of hydrogen-bond acceptors (Lipinski definition) is 5. The maximum Gasteiger partial charge on any atom is 0.270 e. The van der Waals surface area contributed by atoms with Gasteiger partial charge < -0.3 is 16.4 Å². The van der Waals surface area contributed by atoms with Crippen LogP contribution in [0, 0.1) is 18.6 Å². The molecule has 3 rings (SSSR count). The first kappa shape index (κ1) is 18.5. The summed E-state index contributed by atoms with van der Waals surface area (Å²) < 4.78 is 27.5. The highest BCUT2D eigenvalue weighted by Gasteiger charge is 2.22. The van der Waals surface area contributed by atoms with Crippen molar-refractivity contribution in [3.05, 3.63) is 70.9 Å². The summed E-state index contributed by atoms with van der Waals surface area (Å²) in [5.74, 6) is -3.96. The average molecular weight is 388 g/mol. The van der Waals surface area contributed by atoms with Crippen LogP contribution in [0.4, 0.5) is 24.6 Å². The molecule has 0 aliphatic carbocycles. The van der Waals surface area contributed by atoms with Crippen molar-refractivity contribution in [3.8, 4) is 0 Å². The molecule has 0 saturated heterocycles. The van der Waals surface area contributed by atoms with Crippen molar-refractivity contribution in [2.24, 2.45) is 5.73 Å². The monoisotopic (exact) mass is 388 g/mol. The van der Waals surface area contributed by atoms with Gasteiger partial charge in [0.05, 0.1) is 0 Å². The Morgan fingerprint density at radius 2 is 1.70 bits per heavy atom. The van der Waals surface area contributed by atoms with Crippen LogP contribution in [0.5, 0.6) is 0 Å². The van der Waals surface area contributed by atoms with Gasteiger partial charge in [-0.15, -0.1) is 0 Å². The molecule has 1 heterocycles. The number of aromatic nitrogens is 1. The second-order valence-electron chi connectivity index (χ2n) is 5.60. The number of hydrogen-bond donors (Lipinski definition) is 3. The number of carbonyl (C=O) groups excluding carboxylic acids is 2. The Labute approximate surface area is 157 Å². The van der Waals surface area contributed by atoms with Gasteiger partial charge in [-0.2, -0.15) is 0 Å². The van der Waals surface area contributed by atoms with Crippen LogP contribution >= 0.6 is 11.3 Å². The number of halogens is 2. The van der Waals surface area contributed by atoms with E-state index in [0.29, 0.717) is 5.69 Å². The highest BCUT2D eigenvalue weighted by Crippen LogP contribution is 2.31. The van der Waals surface area contributed by atoms with Gasteiger partial charge in [-0.1, -0.05) is 35.1 Å².